The Balaban J connectivity index is 1.75. The summed E-state index contributed by atoms with van der Waals surface area (Å²) in [5, 5.41) is 4.91. The van der Waals surface area contributed by atoms with E-state index in [1.807, 2.05) is 11.3 Å². The van der Waals surface area contributed by atoms with Crippen LogP contribution in [0, 0.1) is 0 Å². The molecule has 0 bridgehead atoms. The van der Waals surface area contributed by atoms with E-state index in [-0.39, 0.29) is 0 Å². The largest absolute Gasteiger partial charge is 0.348 e. The molecule has 2 aliphatic carbocycles. The Morgan fingerprint density at radius 2 is 2.00 bits per heavy atom. The van der Waals surface area contributed by atoms with E-state index in [0.29, 0.717) is 12.0 Å². The van der Waals surface area contributed by atoms with Gasteiger partial charge in [0, 0.05) is 30.6 Å². The van der Waals surface area contributed by atoms with E-state index < -0.39 is 0 Å². The van der Waals surface area contributed by atoms with Crippen LogP contribution in [-0.4, -0.2) is 24.1 Å². The Morgan fingerprint density at radius 3 is 2.62 bits per heavy atom. The summed E-state index contributed by atoms with van der Waals surface area (Å²) in [6, 6.07) is 1.48. The molecule has 2 saturated carbocycles. The highest BCUT2D eigenvalue weighted by Gasteiger charge is 2.26. The van der Waals surface area contributed by atoms with Crippen molar-refractivity contribution in [1.29, 1.82) is 0 Å². The molecular weight excluding hydrogens is 278 g/mol. The Hall–Kier alpha value is -0.610. The van der Waals surface area contributed by atoms with Gasteiger partial charge >= 0.3 is 0 Å². The molecule has 0 radical (unpaired) electrons. The highest BCUT2D eigenvalue weighted by molar-refractivity contribution is 7.15. The number of nitrogens with zero attached hydrogens (tertiary/aromatic N) is 2. The van der Waals surface area contributed by atoms with Gasteiger partial charge in [0.05, 0.1) is 5.69 Å². The lowest BCUT2D eigenvalue weighted by Gasteiger charge is -2.23. The van der Waals surface area contributed by atoms with Gasteiger partial charge in [0.15, 0.2) is 5.13 Å². The van der Waals surface area contributed by atoms with Crippen LogP contribution in [0.5, 0.6) is 0 Å². The molecule has 2 fully saturated rings. The average molecular weight is 308 g/mol. The van der Waals surface area contributed by atoms with Crippen molar-refractivity contribution < 1.29 is 0 Å². The van der Waals surface area contributed by atoms with E-state index in [4.69, 9.17) is 4.98 Å². The van der Waals surface area contributed by atoms with Crippen molar-refractivity contribution in [3.8, 4) is 0 Å². The molecule has 1 aromatic rings. The second-order valence-corrected chi connectivity index (χ2v) is 7.88. The number of thiazole rings is 1. The second-order valence-electron chi connectivity index (χ2n) is 6.82. The zero-order valence-electron chi connectivity index (χ0n) is 13.7. The minimum atomic E-state index is 0.572. The molecule has 0 spiro atoms. The van der Waals surface area contributed by atoms with E-state index in [9.17, 15) is 0 Å². The highest BCUT2D eigenvalue weighted by atomic mass is 32.1. The summed E-state index contributed by atoms with van der Waals surface area (Å²) >= 11 is 1.92. The first-order valence-electron chi connectivity index (χ1n) is 8.64. The third-order valence-electron chi connectivity index (χ3n) is 5.10. The van der Waals surface area contributed by atoms with Gasteiger partial charge in [-0.2, -0.15) is 0 Å². The summed E-state index contributed by atoms with van der Waals surface area (Å²) in [5.41, 5.74) is 1.34. The van der Waals surface area contributed by atoms with Crippen LogP contribution >= 0.6 is 11.3 Å². The minimum Gasteiger partial charge on any atom is -0.348 e. The molecule has 118 valence electrons. The Morgan fingerprint density at radius 1 is 1.29 bits per heavy atom. The van der Waals surface area contributed by atoms with Gasteiger partial charge < -0.3 is 10.2 Å². The maximum absolute atomic E-state index is 5.03. The minimum absolute atomic E-state index is 0.572. The SMILES string of the molecule is CCC(C)c1nc(N(C)C2CCCC2)sc1CNC1CC1. The van der Waals surface area contributed by atoms with E-state index >= 15 is 0 Å². The highest BCUT2D eigenvalue weighted by Crippen LogP contribution is 2.35. The lowest BCUT2D eigenvalue weighted by molar-refractivity contribution is 0.642. The van der Waals surface area contributed by atoms with Crippen LogP contribution in [-0.2, 0) is 6.54 Å². The van der Waals surface area contributed by atoms with Gasteiger partial charge in [-0.1, -0.05) is 26.7 Å². The fraction of sp³-hybridized carbons (Fsp3) is 0.824. The molecule has 0 saturated heterocycles. The number of hydrogen-bond acceptors (Lipinski definition) is 4. The molecule has 21 heavy (non-hydrogen) atoms. The number of hydrogen-bond donors (Lipinski definition) is 1. The van der Waals surface area contributed by atoms with Crippen molar-refractivity contribution in [2.75, 3.05) is 11.9 Å². The van der Waals surface area contributed by atoms with Crippen LogP contribution in [0.3, 0.4) is 0 Å². The summed E-state index contributed by atoms with van der Waals surface area (Å²) in [4.78, 5) is 8.95. The zero-order chi connectivity index (χ0) is 14.8. The van der Waals surface area contributed by atoms with Gasteiger partial charge in [-0.25, -0.2) is 4.98 Å². The summed E-state index contributed by atoms with van der Waals surface area (Å²) in [5.74, 6) is 0.572. The Labute approximate surface area is 133 Å². The smallest absolute Gasteiger partial charge is 0.185 e. The predicted octanol–water partition coefficient (Wildman–Crippen LogP) is 4.29. The first-order chi connectivity index (χ1) is 10.2. The van der Waals surface area contributed by atoms with E-state index in [1.165, 1.54) is 60.6 Å². The van der Waals surface area contributed by atoms with E-state index in [2.05, 4.69) is 31.1 Å². The maximum Gasteiger partial charge on any atom is 0.185 e. The fourth-order valence-corrected chi connectivity index (χ4v) is 4.34. The molecular formula is C17H29N3S. The standard InChI is InChI=1S/C17H29N3S/c1-4-12(2)16-15(11-18-13-9-10-13)21-17(19-16)20(3)14-7-5-6-8-14/h12-14,18H,4-11H2,1-3H3. The number of aromatic nitrogens is 1. The number of rotatable bonds is 7. The van der Waals surface area contributed by atoms with Crippen molar-refractivity contribution in [2.45, 2.75) is 83.3 Å². The zero-order valence-corrected chi connectivity index (χ0v) is 14.5. The van der Waals surface area contributed by atoms with Crippen LogP contribution < -0.4 is 10.2 Å². The third kappa shape index (κ3) is 3.59. The quantitative estimate of drug-likeness (QED) is 0.814. The molecule has 1 unspecified atom stereocenters. The van der Waals surface area contributed by atoms with Crippen LogP contribution in [0.25, 0.3) is 0 Å². The maximum atomic E-state index is 5.03. The van der Waals surface area contributed by atoms with Crippen LogP contribution in [0.15, 0.2) is 0 Å². The molecule has 4 heteroatoms. The lowest BCUT2D eigenvalue weighted by atomic mass is 10.0. The van der Waals surface area contributed by atoms with E-state index in [0.717, 1.165) is 12.6 Å². The molecule has 0 amide bonds. The summed E-state index contributed by atoms with van der Waals surface area (Å²) in [7, 11) is 2.24. The average Bonchev–Trinajstić information content (AvgIpc) is 3.02. The fourth-order valence-electron chi connectivity index (χ4n) is 3.18. The van der Waals surface area contributed by atoms with Gasteiger partial charge in [0.2, 0.25) is 0 Å². The first-order valence-corrected chi connectivity index (χ1v) is 9.46. The van der Waals surface area contributed by atoms with Gasteiger partial charge in [-0.3, -0.25) is 0 Å². The Bertz CT molecular complexity index is 461. The second kappa shape index (κ2) is 6.66. The molecule has 3 rings (SSSR count). The molecule has 0 aromatic carbocycles. The van der Waals surface area contributed by atoms with Crippen LogP contribution in [0.2, 0.25) is 0 Å². The molecule has 0 aliphatic heterocycles. The summed E-state index contributed by atoms with van der Waals surface area (Å²) in [6.07, 6.45) is 9.32. The lowest BCUT2D eigenvalue weighted by Crippen LogP contribution is -2.28. The number of anilines is 1. The molecule has 1 heterocycles. The Kier molecular flexibility index (Phi) is 4.85. The van der Waals surface area contributed by atoms with E-state index in [1.54, 1.807) is 0 Å². The first kappa shape index (κ1) is 15.3. The van der Waals surface area contributed by atoms with Crippen LogP contribution in [0.4, 0.5) is 5.13 Å². The summed E-state index contributed by atoms with van der Waals surface area (Å²) < 4.78 is 0. The van der Waals surface area contributed by atoms with Crippen molar-refractivity contribution in [2.24, 2.45) is 0 Å². The van der Waals surface area contributed by atoms with Gasteiger partial charge in [-0.15, -0.1) is 11.3 Å². The van der Waals surface area contributed by atoms with Crippen molar-refractivity contribution in [3.05, 3.63) is 10.6 Å². The number of nitrogens with one attached hydrogen (secondary N) is 1. The molecule has 1 atom stereocenters. The normalized spacial score (nSPS) is 20.9. The third-order valence-corrected chi connectivity index (χ3v) is 6.26. The van der Waals surface area contributed by atoms with Gasteiger partial charge in [0.1, 0.15) is 0 Å². The molecule has 2 aliphatic rings. The molecule has 1 aromatic heterocycles. The molecule has 3 nitrogen and oxygen atoms in total. The van der Waals surface area contributed by atoms with Crippen LogP contribution in [0.1, 0.15) is 75.3 Å². The van der Waals surface area contributed by atoms with Crippen molar-refractivity contribution in [3.63, 3.8) is 0 Å². The van der Waals surface area contributed by atoms with Crippen molar-refractivity contribution >= 4 is 16.5 Å². The monoisotopic (exact) mass is 307 g/mol. The summed E-state index contributed by atoms with van der Waals surface area (Å²) in [6.45, 7) is 5.60. The van der Waals surface area contributed by atoms with Crippen molar-refractivity contribution in [1.82, 2.24) is 10.3 Å². The van der Waals surface area contributed by atoms with Gasteiger partial charge in [-0.05, 0) is 38.0 Å². The molecule has 1 N–H and O–H groups in total. The topological polar surface area (TPSA) is 28.2 Å². The van der Waals surface area contributed by atoms with Gasteiger partial charge in [0.25, 0.3) is 0 Å². The predicted molar refractivity (Wildman–Crippen MR) is 91.3 cm³/mol.